The van der Waals surface area contributed by atoms with Crippen LogP contribution in [0.15, 0.2) is 48.5 Å². The summed E-state index contributed by atoms with van der Waals surface area (Å²) in [6, 6.07) is 15.4. The number of hydrogen-bond donors (Lipinski definition) is 2. The third kappa shape index (κ3) is 4.92. The van der Waals surface area contributed by atoms with Gasteiger partial charge in [-0.25, -0.2) is 0 Å². The predicted molar refractivity (Wildman–Crippen MR) is 92.1 cm³/mol. The van der Waals surface area contributed by atoms with Crippen molar-refractivity contribution in [3.8, 4) is 5.75 Å². The van der Waals surface area contributed by atoms with E-state index in [9.17, 15) is 0 Å². The summed E-state index contributed by atoms with van der Waals surface area (Å²) >= 11 is 11.3. The summed E-state index contributed by atoms with van der Waals surface area (Å²) in [5, 5.41) is 7.40. The van der Waals surface area contributed by atoms with Crippen LogP contribution >= 0.6 is 23.8 Å². The van der Waals surface area contributed by atoms with E-state index in [1.807, 2.05) is 55.5 Å². The summed E-state index contributed by atoms with van der Waals surface area (Å²) in [6.07, 6.45) is 0. The van der Waals surface area contributed by atoms with Crippen molar-refractivity contribution < 1.29 is 4.74 Å². The minimum atomic E-state index is 0.532. The highest BCUT2D eigenvalue weighted by Gasteiger charge is 2.02. The van der Waals surface area contributed by atoms with Crippen LogP contribution in [0.1, 0.15) is 12.5 Å². The smallest absolute Gasteiger partial charge is 0.171 e. The quantitative estimate of drug-likeness (QED) is 0.808. The first-order valence-corrected chi connectivity index (χ1v) is 7.49. The van der Waals surface area contributed by atoms with E-state index in [1.165, 1.54) is 0 Å². The van der Waals surface area contributed by atoms with Crippen molar-refractivity contribution in [1.82, 2.24) is 5.32 Å². The zero-order valence-corrected chi connectivity index (χ0v) is 13.3. The second kappa shape index (κ2) is 7.86. The molecule has 2 N–H and O–H groups in total. The van der Waals surface area contributed by atoms with Crippen molar-refractivity contribution >= 4 is 34.6 Å². The van der Waals surface area contributed by atoms with Gasteiger partial charge < -0.3 is 15.4 Å². The largest absolute Gasteiger partial charge is 0.494 e. The van der Waals surface area contributed by atoms with Gasteiger partial charge in [0.05, 0.1) is 17.3 Å². The van der Waals surface area contributed by atoms with Gasteiger partial charge in [0.25, 0.3) is 0 Å². The predicted octanol–water partition coefficient (Wildman–Crippen LogP) is 4.23. The summed E-state index contributed by atoms with van der Waals surface area (Å²) in [7, 11) is 0. The number of anilines is 1. The normalized spacial score (nSPS) is 10.0. The standard InChI is InChI=1S/C16H17ClN2OS/c1-2-20-13-7-5-6-12(10-13)11-18-16(21)19-15-9-4-3-8-14(15)17/h3-10H,2,11H2,1H3,(H2,18,19,21). The number of ether oxygens (including phenoxy) is 1. The molecule has 0 aliphatic heterocycles. The molecule has 0 amide bonds. The summed E-state index contributed by atoms with van der Waals surface area (Å²) in [5.74, 6) is 0.863. The molecule has 110 valence electrons. The second-order valence-corrected chi connectivity index (χ2v) is 5.18. The number of rotatable bonds is 5. The van der Waals surface area contributed by atoms with Gasteiger partial charge in [-0.1, -0.05) is 35.9 Å². The Morgan fingerprint density at radius 1 is 1.19 bits per heavy atom. The van der Waals surface area contributed by atoms with Crippen molar-refractivity contribution in [2.75, 3.05) is 11.9 Å². The van der Waals surface area contributed by atoms with Crippen LogP contribution in [-0.4, -0.2) is 11.7 Å². The fourth-order valence-corrected chi connectivity index (χ4v) is 2.19. The molecule has 0 radical (unpaired) electrons. The molecule has 0 heterocycles. The molecular formula is C16H17ClN2OS. The number of nitrogens with one attached hydrogen (secondary N) is 2. The van der Waals surface area contributed by atoms with E-state index in [4.69, 9.17) is 28.6 Å². The third-order valence-electron chi connectivity index (χ3n) is 2.78. The van der Waals surface area contributed by atoms with Crippen molar-refractivity contribution in [1.29, 1.82) is 0 Å². The fourth-order valence-electron chi connectivity index (χ4n) is 1.82. The Balaban J connectivity index is 1.89. The second-order valence-electron chi connectivity index (χ2n) is 4.37. The first-order valence-electron chi connectivity index (χ1n) is 6.70. The van der Waals surface area contributed by atoms with Crippen molar-refractivity contribution in [2.24, 2.45) is 0 Å². The lowest BCUT2D eigenvalue weighted by Gasteiger charge is -2.12. The summed E-state index contributed by atoms with van der Waals surface area (Å²) < 4.78 is 5.47. The Labute approximate surface area is 135 Å². The molecule has 2 aromatic rings. The molecule has 0 aliphatic carbocycles. The van der Waals surface area contributed by atoms with E-state index < -0.39 is 0 Å². The molecule has 0 bridgehead atoms. The highest BCUT2D eigenvalue weighted by Crippen LogP contribution is 2.20. The summed E-state index contributed by atoms with van der Waals surface area (Å²) in [5.41, 5.74) is 1.89. The zero-order chi connectivity index (χ0) is 15.1. The van der Waals surface area contributed by atoms with Gasteiger partial charge >= 0.3 is 0 Å². The Kier molecular flexibility index (Phi) is 5.84. The van der Waals surface area contributed by atoms with Crippen molar-refractivity contribution in [2.45, 2.75) is 13.5 Å². The van der Waals surface area contributed by atoms with E-state index in [1.54, 1.807) is 0 Å². The minimum Gasteiger partial charge on any atom is -0.494 e. The molecular weight excluding hydrogens is 304 g/mol. The summed E-state index contributed by atoms with van der Waals surface area (Å²) in [4.78, 5) is 0. The Bertz CT molecular complexity index is 619. The van der Waals surface area contributed by atoms with Crippen LogP contribution in [0.3, 0.4) is 0 Å². The van der Waals surface area contributed by atoms with Crippen LogP contribution in [-0.2, 0) is 6.54 Å². The van der Waals surface area contributed by atoms with Gasteiger partial charge in [-0.15, -0.1) is 0 Å². The van der Waals surface area contributed by atoms with Crippen LogP contribution in [0.2, 0.25) is 5.02 Å². The SMILES string of the molecule is CCOc1cccc(CNC(=S)Nc2ccccc2Cl)c1. The molecule has 0 aromatic heterocycles. The molecule has 5 heteroatoms. The lowest BCUT2D eigenvalue weighted by molar-refractivity contribution is 0.340. The molecule has 0 saturated carbocycles. The first kappa shape index (κ1) is 15.6. The highest BCUT2D eigenvalue weighted by atomic mass is 35.5. The molecule has 2 rings (SSSR count). The third-order valence-corrected chi connectivity index (χ3v) is 3.36. The van der Waals surface area contributed by atoms with Gasteiger partial charge in [-0.2, -0.15) is 0 Å². The Morgan fingerprint density at radius 2 is 2.00 bits per heavy atom. The lowest BCUT2D eigenvalue weighted by Crippen LogP contribution is -2.27. The van der Waals surface area contributed by atoms with Gasteiger partial charge in [-0.3, -0.25) is 0 Å². The topological polar surface area (TPSA) is 33.3 Å². The van der Waals surface area contributed by atoms with Gasteiger partial charge in [-0.05, 0) is 49.0 Å². The van der Waals surface area contributed by atoms with E-state index >= 15 is 0 Å². The number of hydrogen-bond acceptors (Lipinski definition) is 2. The van der Waals surface area contributed by atoms with Gasteiger partial charge in [0.15, 0.2) is 5.11 Å². The van der Waals surface area contributed by atoms with Crippen LogP contribution in [0, 0.1) is 0 Å². The zero-order valence-electron chi connectivity index (χ0n) is 11.7. The van der Waals surface area contributed by atoms with Gasteiger partial charge in [0.2, 0.25) is 0 Å². The molecule has 21 heavy (non-hydrogen) atoms. The summed E-state index contributed by atoms with van der Waals surface area (Å²) in [6.45, 7) is 3.24. The van der Waals surface area contributed by atoms with Crippen LogP contribution < -0.4 is 15.4 Å². The average molecular weight is 321 g/mol. The highest BCUT2D eigenvalue weighted by molar-refractivity contribution is 7.80. The maximum absolute atomic E-state index is 6.07. The molecule has 3 nitrogen and oxygen atoms in total. The molecule has 0 fully saturated rings. The van der Waals surface area contributed by atoms with Crippen LogP contribution in [0.5, 0.6) is 5.75 Å². The van der Waals surface area contributed by atoms with Crippen molar-refractivity contribution in [3.05, 3.63) is 59.1 Å². The van der Waals surface area contributed by atoms with E-state index in [0.29, 0.717) is 23.3 Å². The Hall–Kier alpha value is -1.78. The number of halogens is 1. The Morgan fingerprint density at radius 3 is 2.76 bits per heavy atom. The van der Waals surface area contributed by atoms with E-state index in [-0.39, 0.29) is 0 Å². The van der Waals surface area contributed by atoms with Crippen LogP contribution in [0.4, 0.5) is 5.69 Å². The molecule has 2 aromatic carbocycles. The molecule has 0 aliphatic rings. The van der Waals surface area contributed by atoms with Crippen molar-refractivity contribution in [3.63, 3.8) is 0 Å². The van der Waals surface area contributed by atoms with Gasteiger partial charge in [0, 0.05) is 6.54 Å². The monoisotopic (exact) mass is 320 g/mol. The molecule has 0 unspecified atom stereocenters. The minimum absolute atomic E-state index is 0.532. The molecule has 0 spiro atoms. The van der Waals surface area contributed by atoms with Crippen LogP contribution in [0.25, 0.3) is 0 Å². The maximum Gasteiger partial charge on any atom is 0.171 e. The number of thiocarbonyl (C=S) groups is 1. The lowest BCUT2D eigenvalue weighted by atomic mass is 10.2. The van der Waals surface area contributed by atoms with E-state index in [0.717, 1.165) is 17.0 Å². The molecule has 0 atom stereocenters. The first-order chi connectivity index (χ1) is 10.2. The molecule has 0 saturated heterocycles. The van der Waals surface area contributed by atoms with E-state index in [2.05, 4.69) is 10.6 Å². The average Bonchev–Trinajstić information content (AvgIpc) is 2.48. The fraction of sp³-hybridized carbons (Fsp3) is 0.188. The maximum atomic E-state index is 6.07. The number of benzene rings is 2. The number of para-hydroxylation sites is 1. The van der Waals surface area contributed by atoms with Gasteiger partial charge in [0.1, 0.15) is 5.75 Å².